The van der Waals surface area contributed by atoms with E-state index in [4.69, 9.17) is 4.74 Å². The second-order valence-corrected chi connectivity index (χ2v) is 5.29. The number of carbonyl (C=O) groups excluding carboxylic acids is 2. The van der Waals surface area contributed by atoms with Gasteiger partial charge in [-0.2, -0.15) is 0 Å². The van der Waals surface area contributed by atoms with Gasteiger partial charge < -0.3 is 15.0 Å². The Hall–Kier alpha value is -1.95. The summed E-state index contributed by atoms with van der Waals surface area (Å²) >= 11 is 0. The van der Waals surface area contributed by atoms with Gasteiger partial charge in [0.25, 0.3) is 0 Å². The Balaban J connectivity index is 2.56. The van der Waals surface area contributed by atoms with E-state index in [1.165, 1.54) is 24.0 Å². The Morgan fingerprint density at radius 3 is 2.52 bits per heavy atom. The van der Waals surface area contributed by atoms with E-state index in [0.29, 0.717) is 19.8 Å². The van der Waals surface area contributed by atoms with Crippen molar-refractivity contribution in [3.05, 3.63) is 35.6 Å². The summed E-state index contributed by atoms with van der Waals surface area (Å²) in [6.07, 6.45) is 0.727. The zero-order chi connectivity index (χ0) is 17.2. The number of amides is 2. The first-order valence-corrected chi connectivity index (χ1v) is 7.82. The SMILES string of the molecule is CCOCCCNC(=O)C(C)N(Cc1ccc(F)cc1)C(C)=O. The van der Waals surface area contributed by atoms with Gasteiger partial charge in [0.2, 0.25) is 11.8 Å². The third-order valence-corrected chi connectivity index (χ3v) is 3.49. The molecule has 0 bridgehead atoms. The summed E-state index contributed by atoms with van der Waals surface area (Å²) in [6.45, 7) is 7.04. The van der Waals surface area contributed by atoms with E-state index >= 15 is 0 Å². The number of rotatable bonds is 9. The van der Waals surface area contributed by atoms with Gasteiger partial charge in [-0.25, -0.2) is 4.39 Å². The van der Waals surface area contributed by atoms with Crippen LogP contribution in [0.2, 0.25) is 0 Å². The molecule has 0 saturated carbocycles. The van der Waals surface area contributed by atoms with Gasteiger partial charge >= 0.3 is 0 Å². The Kier molecular flexibility index (Phi) is 8.26. The Morgan fingerprint density at radius 1 is 1.30 bits per heavy atom. The van der Waals surface area contributed by atoms with Gasteiger partial charge in [-0.3, -0.25) is 9.59 Å². The molecule has 0 aliphatic rings. The van der Waals surface area contributed by atoms with Crippen molar-refractivity contribution in [3.8, 4) is 0 Å². The normalized spacial score (nSPS) is 11.8. The Morgan fingerprint density at radius 2 is 1.96 bits per heavy atom. The van der Waals surface area contributed by atoms with Crippen LogP contribution in [0.3, 0.4) is 0 Å². The molecule has 1 atom stereocenters. The molecular weight excluding hydrogens is 299 g/mol. The number of hydrogen-bond donors (Lipinski definition) is 1. The van der Waals surface area contributed by atoms with Crippen LogP contribution in [-0.2, 0) is 20.9 Å². The van der Waals surface area contributed by atoms with E-state index < -0.39 is 6.04 Å². The fourth-order valence-electron chi connectivity index (χ4n) is 2.13. The molecule has 5 nitrogen and oxygen atoms in total. The second kappa shape index (κ2) is 9.94. The second-order valence-electron chi connectivity index (χ2n) is 5.29. The topological polar surface area (TPSA) is 58.6 Å². The van der Waals surface area contributed by atoms with Crippen LogP contribution in [0.5, 0.6) is 0 Å². The molecule has 0 radical (unpaired) electrons. The molecule has 1 aromatic carbocycles. The van der Waals surface area contributed by atoms with Gasteiger partial charge in [-0.15, -0.1) is 0 Å². The highest BCUT2D eigenvalue weighted by Gasteiger charge is 2.23. The lowest BCUT2D eigenvalue weighted by Crippen LogP contribution is -2.47. The molecule has 0 spiro atoms. The maximum absolute atomic E-state index is 12.9. The fraction of sp³-hybridized carbons (Fsp3) is 0.529. The molecule has 6 heteroatoms. The van der Waals surface area contributed by atoms with Crippen LogP contribution in [-0.4, -0.2) is 42.5 Å². The number of halogens is 1. The number of nitrogens with one attached hydrogen (secondary N) is 1. The predicted molar refractivity (Wildman–Crippen MR) is 86.2 cm³/mol. The highest BCUT2D eigenvalue weighted by molar-refractivity contribution is 5.86. The largest absolute Gasteiger partial charge is 0.382 e. The highest BCUT2D eigenvalue weighted by Crippen LogP contribution is 2.10. The molecule has 0 saturated heterocycles. The van der Waals surface area contributed by atoms with E-state index in [9.17, 15) is 14.0 Å². The Bertz CT molecular complexity index is 505. The van der Waals surface area contributed by atoms with Gasteiger partial charge in [0.15, 0.2) is 0 Å². The molecule has 0 aliphatic heterocycles. The van der Waals surface area contributed by atoms with E-state index in [1.807, 2.05) is 6.92 Å². The first-order valence-electron chi connectivity index (χ1n) is 7.82. The molecule has 1 aromatic rings. The van der Waals surface area contributed by atoms with Crippen molar-refractivity contribution in [2.75, 3.05) is 19.8 Å². The molecule has 0 aliphatic carbocycles. The summed E-state index contributed by atoms with van der Waals surface area (Å²) in [5.41, 5.74) is 0.776. The van der Waals surface area contributed by atoms with Gasteiger partial charge in [-0.1, -0.05) is 12.1 Å². The molecule has 1 rings (SSSR count). The molecule has 23 heavy (non-hydrogen) atoms. The lowest BCUT2D eigenvalue weighted by Gasteiger charge is -2.27. The van der Waals surface area contributed by atoms with Crippen LogP contribution < -0.4 is 5.32 Å². The third-order valence-electron chi connectivity index (χ3n) is 3.49. The first-order chi connectivity index (χ1) is 11.0. The quantitative estimate of drug-likeness (QED) is 0.708. The highest BCUT2D eigenvalue weighted by atomic mass is 19.1. The van der Waals surface area contributed by atoms with Crippen LogP contribution in [0, 0.1) is 5.82 Å². The summed E-state index contributed by atoms with van der Waals surface area (Å²) in [5, 5.41) is 2.80. The zero-order valence-electron chi connectivity index (χ0n) is 14.0. The number of carbonyl (C=O) groups is 2. The zero-order valence-corrected chi connectivity index (χ0v) is 14.0. The van der Waals surface area contributed by atoms with E-state index in [-0.39, 0.29) is 24.2 Å². The van der Waals surface area contributed by atoms with E-state index in [2.05, 4.69) is 5.32 Å². The maximum Gasteiger partial charge on any atom is 0.242 e. The Labute approximate surface area is 136 Å². The van der Waals surface area contributed by atoms with Crippen molar-refractivity contribution in [3.63, 3.8) is 0 Å². The summed E-state index contributed by atoms with van der Waals surface area (Å²) in [5.74, 6) is -0.742. The van der Waals surface area contributed by atoms with Crippen molar-refractivity contribution in [2.45, 2.75) is 39.8 Å². The predicted octanol–water partition coefficient (Wildman–Crippen LogP) is 2.11. The van der Waals surface area contributed by atoms with E-state index in [0.717, 1.165) is 12.0 Å². The lowest BCUT2D eigenvalue weighted by molar-refractivity contribution is -0.139. The number of ether oxygens (including phenoxy) is 1. The molecule has 2 amide bonds. The minimum atomic E-state index is -0.593. The summed E-state index contributed by atoms with van der Waals surface area (Å²) in [6, 6.07) is 5.30. The molecule has 0 aromatic heterocycles. The molecule has 0 fully saturated rings. The van der Waals surface area contributed by atoms with Crippen LogP contribution >= 0.6 is 0 Å². The smallest absolute Gasteiger partial charge is 0.242 e. The molecule has 0 heterocycles. The van der Waals surface area contributed by atoms with Gasteiger partial charge in [0.05, 0.1) is 0 Å². The van der Waals surface area contributed by atoms with Gasteiger partial charge in [0, 0.05) is 33.2 Å². The molecular formula is C17H25FN2O3. The summed E-state index contributed by atoms with van der Waals surface area (Å²) in [4.78, 5) is 25.5. The van der Waals surface area contributed by atoms with E-state index in [1.54, 1.807) is 19.1 Å². The van der Waals surface area contributed by atoms with Crippen LogP contribution in [0.4, 0.5) is 4.39 Å². The van der Waals surface area contributed by atoms with Crippen molar-refractivity contribution >= 4 is 11.8 Å². The number of benzene rings is 1. The lowest BCUT2D eigenvalue weighted by atomic mass is 10.1. The standard InChI is InChI=1S/C17H25FN2O3/c1-4-23-11-5-10-19-17(22)13(2)20(14(3)21)12-15-6-8-16(18)9-7-15/h6-9,13H,4-5,10-12H2,1-3H3,(H,19,22). The van der Waals surface area contributed by atoms with Crippen molar-refractivity contribution in [1.82, 2.24) is 10.2 Å². The number of hydrogen-bond acceptors (Lipinski definition) is 3. The van der Waals surface area contributed by atoms with Gasteiger partial charge in [0.1, 0.15) is 11.9 Å². The maximum atomic E-state index is 12.9. The van der Waals surface area contributed by atoms with Crippen molar-refractivity contribution < 1.29 is 18.7 Å². The van der Waals surface area contributed by atoms with Crippen LogP contribution in [0.1, 0.15) is 32.8 Å². The average molecular weight is 324 g/mol. The van der Waals surface area contributed by atoms with Crippen LogP contribution in [0.25, 0.3) is 0 Å². The molecule has 128 valence electrons. The van der Waals surface area contributed by atoms with Crippen molar-refractivity contribution in [2.24, 2.45) is 0 Å². The molecule has 1 unspecified atom stereocenters. The third kappa shape index (κ3) is 6.78. The minimum absolute atomic E-state index is 0.203. The monoisotopic (exact) mass is 324 g/mol. The summed E-state index contributed by atoms with van der Waals surface area (Å²) < 4.78 is 18.1. The first kappa shape index (κ1) is 19.1. The van der Waals surface area contributed by atoms with Gasteiger partial charge in [-0.05, 0) is 38.0 Å². The average Bonchev–Trinajstić information content (AvgIpc) is 2.53. The number of nitrogens with zero attached hydrogens (tertiary/aromatic N) is 1. The van der Waals surface area contributed by atoms with Crippen molar-refractivity contribution in [1.29, 1.82) is 0 Å². The minimum Gasteiger partial charge on any atom is -0.382 e. The van der Waals surface area contributed by atoms with Crippen LogP contribution in [0.15, 0.2) is 24.3 Å². The molecule has 1 N–H and O–H groups in total. The summed E-state index contributed by atoms with van der Waals surface area (Å²) in [7, 11) is 0. The fourth-order valence-corrected chi connectivity index (χ4v) is 2.13.